The van der Waals surface area contributed by atoms with Gasteiger partial charge in [-0.2, -0.15) is 0 Å². The average molecular weight is 240 g/mol. The molecule has 0 atom stereocenters. The molecule has 1 heterocycles. The molecular weight excluding hydrogens is 224 g/mol. The first kappa shape index (κ1) is 12.9. The smallest absolute Gasteiger partial charge is 0.275 e. The highest BCUT2D eigenvalue weighted by molar-refractivity contribution is 7.14. The molecule has 0 spiro atoms. The van der Waals surface area contributed by atoms with E-state index in [1.165, 1.54) is 11.3 Å². The van der Waals surface area contributed by atoms with Crippen LogP contribution in [0.15, 0.2) is 18.7 Å². The number of rotatable bonds is 6. The van der Waals surface area contributed by atoms with E-state index in [9.17, 15) is 4.79 Å². The molecule has 1 amide bonds. The van der Waals surface area contributed by atoms with E-state index in [1.807, 2.05) is 19.1 Å². The second-order valence-electron chi connectivity index (χ2n) is 3.30. The number of aryl methyl sites for hydroxylation is 1. The van der Waals surface area contributed by atoms with Gasteiger partial charge in [0.25, 0.3) is 5.91 Å². The van der Waals surface area contributed by atoms with Crippen LogP contribution in [0.2, 0.25) is 0 Å². The van der Waals surface area contributed by atoms with Gasteiger partial charge < -0.3 is 4.74 Å². The van der Waals surface area contributed by atoms with E-state index >= 15 is 0 Å². The normalized spacial score (nSPS) is 10.1. The van der Waals surface area contributed by atoms with Gasteiger partial charge in [-0.25, -0.2) is 5.84 Å². The maximum atomic E-state index is 11.3. The summed E-state index contributed by atoms with van der Waals surface area (Å²) in [5.41, 5.74) is 3.15. The van der Waals surface area contributed by atoms with Crippen molar-refractivity contribution in [2.24, 2.45) is 5.84 Å². The Morgan fingerprint density at radius 1 is 1.75 bits per heavy atom. The number of nitrogens with two attached hydrogens (primary N) is 1. The number of nitrogen functional groups attached to an aromatic ring is 1. The molecule has 0 unspecified atom stereocenters. The fourth-order valence-electron chi connectivity index (χ4n) is 1.19. The van der Waals surface area contributed by atoms with Crippen LogP contribution in [0.1, 0.15) is 26.5 Å². The molecule has 88 valence electrons. The molecule has 0 bridgehead atoms. The van der Waals surface area contributed by atoms with Crippen LogP contribution >= 0.6 is 11.3 Å². The Balaban J connectivity index is 2.56. The first-order chi connectivity index (χ1) is 7.69. The summed E-state index contributed by atoms with van der Waals surface area (Å²) in [6, 6.07) is 1.82. The van der Waals surface area contributed by atoms with Crippen molar-refractivity contribution >= 4 is 17.2 Å². The van der Waals surface area contributed by atoms with Crippen LogP contribution in [0.3, 0.4) is 0 Å². The van der Waals surface area contributed by atoms with E-state index in [-0.39, 0.29) is 5.91 Å². The van der Waals surface area contributed by atoms with Crippen LogP contribution in [0.5, 0.6) is 0 Å². The second kappa shape index (κ2) is 6.42. The Kier molecular flexibility index (Phi) is 5.18. The molecule has 0 aliphatic heterocycles. The van der Waals surface area contributed by atoms with Gasteiger partial charge in [0, 0.05) is 4.88 Å². The lowest BCUT2D eigenvalue weighted by Gasteiger charge is -2.00. The Hall–Kier alpha value is -1.17. The van der Waals surface area contributed by atoms with Crippen LogP contribution in [0.4, 0.5) is 0 Å². The third-order valence-electron chi connectivity index (χ3n) is 2.10. The third kappa shape index (κ3) is 3.44. The molecule has 4 nitrogen and oxygen atoms in total. The highest BCUT2D eigenvalue weighted by atomic mass is 32.1. The van der Waals surface area contributed by atoms with Gasteiger partial charge in [0.05, 0.1) is 18.1 Å². The Labute approximate surface area is 99.1 Å². The number of hydrazine groups is 1. The molecule has 0 radical (unpaired) electrons. The highest BCUT2D eigenvalue weighted by Crippen LogP contribution is 2.22. The largest absolute Gasteiger partial charge is 0.376 e. The summed E-state index contributed by atoms with van der Waals surface area (Å²) in [5, 5.41) is 0. The zero-order valence-corrected chi connectivity index (χ0v) is 10.1. The van der Waals surface area contributed by atoms with E-state index in [0.717, 1.165) is 16.9 Å². The van der Waals surface area contributed by atoms with Crippen molar-refractivity contribution in [2.45, 2.75) is 20.0 Å². The van der Waals surface area contributed by atoms with Crippen molar-refractivity contribution in [2.75, 3.05) is 6.61 Å². The van der Waals surface area contributed by atoms with E-state index in [0.29, 0.717) is 18.1 Å². The summed E-state index contributed by atoms with van der Waals surface area (Å²) in [4.78, 5) is 13.0. The van der Waals surface area contributed by atoms with E-state index in [1.54, 1.807) is 0 Å². The van der Waals surface area contributed by atoms with Crippen molar-refractivity contribution in [1.29, 1.82) is 0 Å². The van der Waals surface area contributed by atoms with Gasteiger partial charge in [-0.3, -0.25) is 10.2 Å². The highest BCUT2D eigenvalue weighted by Gasteiger charge is 2.10. The molecule has 0 saturated heterocycles. The summed E-state index contributed by atoms with van der Waals surface area (Å²) in [7, 11) is 0. The van der Waals surface area contributed by atoms with Crippen LogP contribution in [-0.4, -0.2) is 12.5 Å². The summed E-state index contributed by atoms with van der Waals surface area (Å²) >= 11 is 1.42. The lowest BCUT2D eigenvalue weighted by molar-refractivity contribution is 0.0957. The number of thiophene rings is 1. The van der Waals surface area contributed by atoms with E-state index in [4.69, 9.17) is 10.6 Å². The van der Waals surface area contributed by atoms with E-state index in [2.05, 4.69) is 12.0 Å². The lowest BCUT2D eigenvalue weighted by Crippen LogP contribution is -2.29. The molecule has 0 aliphatic rings. The third-order valence-corrected chi connectivity index (χ3v) is 3.19. The predicted octanol–water partition coefficient (Wildman–Crippen LogP) is 1.75. The number of amides is 1. The van der Waals surface area contributed by atoms with Crippen LogP contribution in [-0.2, 0) is 11.3 Å². The maximum absolute atomic E-state index is 11.3. The number of ether oxygens (including phenoxy) is 1. The molecule has 0 aliphatic carbocycles. The van der Waals surface area contributed by atoms with Gasteiger partial charge in [0.15, 0.2) is 0 Å². The molecule has 0 saturated carbocycles. The number of nitrogens with one attached hydrogen (secondary N) is 1. The van der Waals surface area contributed by atoms with Gasteiger partial charge in [-0.15, -0.1) is 17.9 Å². The van der Waals surface area contributed by atoms with Crippen molar-refractivity contribution in [1.82, 2.24) is 5.43 Å². The maximum Gasteiger partial charge on any atom is 0.275 e. The van der Waals surface area contributed by atoms with Crippen LogP contribution in [0, 0.1) is 6.92 Å². The molecule has 16 heavy (non-hydrogen) atoms. The summed E-state index contributed by atoms with van der Waals surface area (Å²) < 4.78 is 5.44. The van der Waals surface area contributed by atoms with Crippen molar-refractivity contribution in [3.05, 3.63) is 34.0 Å². The van der Waals surface area contributed by atoms with Crippen molar-refractivity contribution in [3.63, 3.8) is 0 Å². The minimum Gasteiger partial charge on any atom is -0.376 e. The molecule has 0 fully saturated rings. The quantitative estimate of drug-likeness (QED) is 0.262. The molecular formula is C11H16N2O2S. The fourth-order valence-corrected chi connectivity index (χ4v) is 2.13. The topological polar surface area (TPSA) is 64.3 Å². The van der Waals surface area contributed by atoms with Crippen LogP contribution < -0.4 is 11.3 Å². The number of carbonyl (C=O) groups excluding carboxylic acids is 1. The Morgan fingerprint density at radius 2 is 2.50 bits per heavy atom. The summed E-state index contributed by atoms with van der Waals surface area (Å²) in [5.74, 6) is 4.81. The van der Waals surface area contributed by atoms with E-state index < -0.39 is 0 Å². The lowest BCUT2D eigenvalue weighted by atomic mass is 10.2. The minimum absolute atomic E-state index is 0.259. The molecule has 1 aromatic rings. The number of hydrogen-bond donors (Lipinski definition) is 2. The molecule has 0 aromatic carbocycles. The summed E-state index contributed by atoms with van der Waals surface area (Å²) in [6.45, 7) is 6.75. The summed E-state index contributed by atoms with van der Waals surface area (Å²) in [6.07, 6.45) is 2.65. The van der Waals surface area contributed by atoms with Crippen molar-refractivity contribution < 1.29 is 9.53 Å². The molecule has 1 aromatic heterocycles. The standard InChI is InChI=1S/C11H16N2O2S/c1-3-4-5-15-7-9-6-10(11(14)13-12)16-8(9)2/h3,6H,1,4-5,7,12H2,2H3,(H,13,14). The second-order valence-corrected chi connectivity index (χ2v) is 4.55. The van der Waals surface area contributed by atoms with Gasteiger partial charge in [0.1, 0.15) is 0 Å². The van der Waals surface area contributed by atoms with Gasteiger partial charge in [-0.1, -0.05) is 6.08 Å². The molecule has 3 N–H and O–H groups in total. The molecule has 1 rings (SSSR count). The zero-order valence-electron chi connectivity index (χ0n) is 9.29. The monoisotopic (exact) mass is 240 g/mol. The fraction of sp³-hybridized carbons (Fsp3) is 0.364. The zero-order chi connectivity index (χ0) is 12.0. The SMILES string of the molecule is C=CCCOCc1cc(C(=O)NN)sc1C. The van der Waals surface area contributed by atoms with Gasteiger partial charge >= 0.3 is 0 Å². The Morgan fingerprint density at radius 3 is 3.12 bits per heavy atom. The number of carbonyl (C=O) groups is 1. The number of hydrogen-bond acceptors (Lipinski definition) is 4. The molecule has 5 heteroatoms. The van der Waals surface area contributed by atoms with Crippen LogP contribution in [0.25, 0.3) is 0 Å². The first-order valence-electron chi connectivity index (χ1n) is 4.98. The first-order valence-corrected chi connectivity index (χ1v) is 5.79. The predicted molar refractivity (Wildman–Crippen MR) is 65.2 cm³/mol. The minimum atomic E-state index is -0.259. The Bertz CT molecular complexity index is 374. The van der Waals surface area contributed by atoms with Gasteiger partial charge in [-0.05, 0) is 25.0 Å². The average Bonchev–Trinajstić information content (AvgIpc) is 2.65. The van der Waals surface area contributed by atoms with Gasteiger partial charge in [0.2, 0.25) is 0 Å². The van der Waals surface area contributed by atoms with Crippen molar-refractivity contribution in [3.8, 4) is 0 Å².